The normalized spacial score (nSPS) is 9.21. The van der Waals surface area contributed by atoms with E-state index in [1.165, 1.54) is 0 Å². The second-order valence-corrected chi connectivity index (χ2v) is 3.67. The number of anilines is 1. The molecule has 3 heteroatoms. The van der Waals surface area contributed by atoms with E-state index in [4.69, 9.17) is 6.42 Å². The lowest BCUT2D eigenvalue weighted by Gasteiger charge is -2.07. The average molecular weight is 252 g/mol. The summed E-state index contributed by atoms with van der Waals surface area (Å²) in [5.41, 5.74) is 1.83. The second-order valence-electron chi connectivity index (χ2n) is 2.75. The van der Waals surface area contributed by atoms with E-state index in [1.807, 2.05) is 31.0 Å². The topological polar surface area (TPSA) is 29.1 Å². The van der Waals surface area contributed by atoms with Gasteiger partial charge in [0.25, 0.3) is 5.91 Å². The number of aryl methyl sites for hydroxylation is 1. The standard InChI is InChI=1S/C11H10BrNO/c1-3-8-7-9(12)5-6-10(8)13-11(14)4-2/h2,5-7H,3H2,1H3,(H,13,14). The lowest BCUT2D eigenvalue weighted by Crippen LogP contribution is -2.09. The smallest absolute Gasteiger partial charge is 0.300 e. The van der Waals surface area contributed by atoms with Crippen LogP contribution in [0.25, 0.3) is 0 Å². The molecule has 0 atom stereocenters. The highest BCUT2D eigenvalue weighted by molar-refractivity contribution is 9.10. The number of benzene rings is 1. The average Bonchev–Trinajstić information content (AvgIpc) is 2.20. The number of carbonyl (C=O) groups excluding carboxylic acids is 1. The third kappa shape index (κ3) is 2.61. The first kappa shape index (κ1) is 10.8. The predicted octanol–water partition coefficient (Wildman–Crippen LogP) is 2.58. The first-order valence-electron chi connectivity index (χ1n) is 4.23. The number of hydrogen-bond donors (Lipinski definition) is 1. The fourth-order valence-corrected chi connectivity index (χ4v) is 1.54. The largest absolute Gasteiger partial charge is 0.315 e. The summed E-state index contributed by atoms with van der Waals surface area (Å²) in [6.45, 7) is 2.02. The van der Waals surface area contributed by atoms with Crippen LogP contribution in [0.1, 0.15) is 12.5 Å². The molecule has 0 saturated heterocycles. The predicted molar refractivity (Wildman–Crippen MR) is 61.0 cm³/mol. The van der Waals surface area contributed by atoms with Crippen LogP contribution >= 0.6 is 15.9 Å². The van der Waals surface area contributed by atoms with Crippen molar-refractivity contribution in [3.8, 4) is 12.3 Å². The molecule has 0 radical (unpaired) electrons. The molecule has 72 valence electrons. The molecular weight excluding hydrogens is 242 g/mol. The molecule has 1 amide bonds. The zero-order valence-corrected chi connectivity index (χ0v) is 9.39. The van der Waals surface area contributed by atoms with E-state index >= 15 is 0 Å². The van der Waals surface area contributed by atoms with Crippen LogP contribution in [-0.2, 0) is 11.2 Å². The minimum absolute atomic E-state index is 0.415. The van der Waals surface area contributed by atoms with Gasteiger partial charge in [-0.05, 0) is 36.1 Å². The van der Waals surface area contributed by atoms with Crippen LogP contribution in [0.2, 0.25) is 0 Å². The van der Waals surface area contributed by atoms with Gasteiger partial charge >= 0.3 is 0 Å². The summed E-state index contributed by atoms with van der Waals surface area (Å²) in [5, 5.41) is 2.64. The van der Waals surface area contributed by atoms with E-state index in [1.54, 1.807) is 0 Å². The summed E-state index contributed by atoms with van der Waals surface area (Å²) in [7, 11) is 0. The van der Waals surface area contributed by atoms with Crippen LogP contribution in [0.15, 0.2) is 22.7 Å². The molecule has 1 aromatic carbocycles. The Hall–Kier alpha value is -1.27. The van der Waals surface area contributed by atoms with Crippen molar-refractivity contribution < 1.29 is 4.79 Å². The molecule has 0 fully saturated rings. The molecule has 2 nitrogen and oxygen atoms in total. The number of hydrogen-bond acceptors (Lipinski definition) is 1. The number of terminal acetylenes is 1. The van der Waals surface area contributed by atoms with E-state index in [2.05, 4.69) is 21.2 Å². The summed E-state index contributed by atoms with van der Waals surface area (Å²) in [5.74, 6) is 1.60. The summed E-state index contributed by atoms with van der Waals surface area (Å²) in [4.78, 5) is 11.0. The van der Waals surface area contributed by atoms with Crippen molar-refractivity contribution in [1.29, 1.82) is 0 Å². The molecule has 0 bridgehead atoms. The molecule has 0 aromatic heterocycles. The molecule has 0 aliphatic heterocycles. The lowest BCUT2D eigenvalue weighted by molar-refractivity contribution is -0.111. The molecule has 0 heterocycles. The van der Waals surface area contributed by atoms with Crippen molar-refractivity contribution in [2.45, 2.75) is 13.3 Å². The SMILES string of the molecule is C#CC(=O)Nc1ccc(Br)cc1CC. The third-order valence-electron chi connectivity index (χ3n) is 1.83. The maximum absolute atomic E-state index is 11.0. The van der Waals surface area contributed by atoms with Crippen LogP contribution in [-0.4, -0.2) is 5.91 Å². The lowest BCUT2D eigenvalue weighted by atomic mass is 10.1. The molecule has 14 heavy (non-hydrogen) atoms. The molecule has 1 aromatic rings. The van der Waals surface area contributed by atoms with Gasteiger partial charge in [-0.1, -0.05) is 22.9 Å². The van der Waals surface area contributed by atoms with Crippen molar-refractivity contribution >= 4 is 27.5 Å². The van der Waals surface area contributed by atoms with Crippen LogP contribution in [0.3, 0.4) is 0 Å². The Bertz CT molecular complexity index is 393. The molecule has 0 aliphatic rings. The number of halogens is 1. The monoisotopic (exact) mass is 251 g/mol. The fourth-order valence-electron chi connectivity index (χ4n) is 1.14. The van der Waals surface area contributed by atoms with Gasteiger partial charge in [0.05, 0.1) is 0 Å². The third-order valence-corrected chi connectivity index (χ3v) is 2.32. The minimum Gasteiger partial charge on any atom is -0.315 e. The van der Waals surface area contributed by atoms with Crippen molar-refractivity contribution in [1.82, 2.24) is 0 Å². The Balaban J connectivity index is 2.97. The van der Waals surface area contributed by atoms with E-state index in [0.717, 1.165) is 22.1 Å². The van der Waals surface area contributed by atoms with Crippen molar-refractivity contribution in [3.63, 3.8) is 0 Å². The van der Waals surface area contributed by atoms with Gasteiger partial charge in [0.1, 0.15) is 0 Å². The van der Waals surface area contributed by atoms with Gasteiger partial charge in [0, 0.05) is 10.2 Å². The zero-order chi connectivity index (χ0) is 10.6. The molecular formula is C11H10BrNO. The summed E-state index contributed by atoms with van der Waals surface area (Å²) in [6, 6.07) is 5.66. The highest BCUT2D eigenvalue weighted by Crippen LogP contribution is 2.21. The molecule has 0 saturated carbocycles. The van der Waals surface area contributed by atoms with E-state index in [-0.39, 0.29) is 0 Å². The van der Waals surface area contributed by atoms with E-state index in [9.17, 15) is 4.79 Å². The maximum atomic E-state index is 11.0. The van der Waals surface area contributed by atoms with Gasteiger partial charge in [0.2, 0.25) is 0 Å². The highest BCUT2D eigenvalue weighted by atomic mass is 79.9. The summed E-state index contributed by atoms with van der Waals surface area (Å²) >= 11 is 3.37. The van der Waals surface area contributed by atoms with Crippen molar-refractivity contribution in [3.05, 3.63) is 28.2 Å². The number of rotatable bonds is 2. The number of amides is 1. The van der Waals surface area contributed by atoms with E-state index in [0.29, 0.717) is 0 Å². The van der Waals surface area contributed by atoms with Gasteiger partial charge in [-0.3, -0.25) is 4.79 Å². The second kappa shape index (κ2) is 4.83. The maximum Gasteiger partial charge on any atom is 0.300 e. The van der Waals surface area contributed by atoms with Crippen LogP contribution < -0.4 is 5.32 Å². The van der Waals surface area contributed by atoms with Crippen LogP contribution in [0.5, 0.6) is 0 Å². The molecule has 0 unspecified atom stereocenters. The Kier molecular flexibility index (Phi) is 3.73. The molecule has 0 aliphatic carbocycles. The van der Waals surface area contributed by atoms with Crippen LogP contribution in [0, 0.1) is 12.3 Å². The van der Waals surface area contributed by atoms with Crippen molar-refractivity contribution in [2.24, 2.45) is 0 Å². The quantitative estimate of drug-likeness (QED) is 0.805. The van der Waals surface area contributed by atoms with Crippen LogP contribution in [0.4, 0.5) is 5.69 Å². The van der Waals surface area contributed by atoms with Gasteiger partial charge in [-0.15, -0.1) is 6.42 Å². The minimum atomic E-state index is -0.415. The number of nitrogens with one attached hydrogen (secondary N) is 1. The van der Waals surface area contributed by atoms with Gasteiger partial charge in [-0.25, -0.2) is 0 Å². The Morgan fingerprint density at radius 2 is 2.36 bits per heavy atom. The van der Waals surface area contributed by atoms with E-state index < -0.39 is 5.91 Å². The Morgan fingerprint density at radius 3 is 2.93 bits per heavy atom. The summed E-state index contributed by atoms with van der Waals surface area (Å²) in [6.07, 6.45) is 5.82. The van der Waals surface area contributed by atoms with Gasteiger partial charge in [0.15, 0.2) is 0 Å². The molecule has 1 N–H and O–H groups in total. The van der Waals surface area contributed by atoms with Gasteiger partial charge in [-0.2, -0.15) is 0 Å². The number of carbonyl (C=O) groups is 1. The fraction of sp³-hybridized carbons (Fsp3) is 0.182. The summed E-state index contributed by atoms with van der Waals surface area (Å²) < 4.78 is 0.994. The Labute approximate surface area is 91.8 Å². The van der Waals surface area contributed by atoms with Crippen molar-refractivity contribution in [2.75, 3.05) is 5.32 Å². The zero-order valence-electron chi connectivity index (χ0n) is 7.80. The molecule has 1 rings (SSSR count). The first-order chi connectivity index (χ1) is 6.67. The van der Waals surface area contributed by atoms with Gasteiger partial charge < -0.3 is 5.32 Å². The Morgan fingerprint density at radius 1 is 1.64 bits per heavy atom. The first-order valence-corrected chi connectivity index (χ1v) is 5.02. The highest BCUT2D eigenvalue weighted by Gasteiger charge is 2.03. The molecule has 0 spiro atoms.